The molecule has 12 bridgehead atoms. The third-order valence-electron chi connectivity index (χ3n) is 32.3. The van der Waals surface area contributed by atoms with Gasteiger partial charge in [-0.2, -0.15) is 0 Å². The summed E-state index contributed by atoms with van der Waals surface area (Å²) in [5.41, 5.74) is -4.81. The Morgan fingerprint density at radius 3 is 0.940 bits per heavy atom. The fourth-order valence-corrected chi connectivity index (χ4v) is 19.9. The Kier molecular flexibility index (Phi) is 33.7. The van der Waals surface area contributed by atoms with Crippen LogP contribution in [0.3, 0.4) is 0 Å². The van der Waals surface area contributed by atoms with Gasteiger partial charge < -0.3 is 67.8 Å². The van der Waals surface area contributed by atoms with Gasteiger partial charge in [0, 0.05) is 12.8 Å². The Labute approximate surface area is 791 Å². The van der Waals surface area contributed by atoms with Crippen molar-refractivity contribution in [2.75, 3.05) is 0 Å². The minimum Gasteiger partial charge on any atom is -0.481 e. The Morgan fingerprint density at radius 1 is 0.346 bits per heavy atom. The summed E-state index contributed by atoms with van der Waals surface area (Å²) in [4.78, 5) is 117. The molecule has 8 aliphatic carbocycles. The molecular formula is C109H162O24. The van der Waals surface area contributed by atoms with Gasteiger partial charge >= 0.3 is 59.7 Å². The van der Waals surface area contributed by atoms with E-state index in [0.29, 0.717) is 75.0 Å². The highest BCUT2D eigenvalue weighted by molar-refractivity contribution is 5.86. The van der Waals surface area contributed by atoms with Gasteiger partial charge in [-0.25, -0.2) is 0 Å². The van der Waals surface area contributed by atoms with Crippen molar-refractivity contribution in [2.45, 2.75) is 424 Å². The van der Waals surface area contributed by atoms with Gasteiger partial charge in [-0.3, -0.25) is 47.9 Å². The first-order chi connectivity index (χ1) is 61.5. The monoisotopic (exact) mass is 1860 g/mol. The highest BCUT2D eigenvalue weighted by Gasteiger charge is 2.68. The third-order valence-corrected chi connectivity index (χ3v) is 32.3. The number of rotatable bonds is 25. The second kappa shape index (κ2) is 41.3. The number of fused-ring (bicyclic) bond motifs is 4. The van der Waals surface area contributed by atoms with Gasteiger partial charge in [-0.05, 0) is 335 Å². The molecule has 6 saturated heterocycles. The van der Waals surface area contributed by atoms with Crippen molar-refractivity contribution in [2.24, 2.45) is 78.8 Å². The number of aliphatic carboxylic acids is 2. The Hall–Kier alpha value is -8.06. The Morgan fingerprint density at radius 2 is 0.639 bits per heavy atom. The topological polar surface area (TPSA) is 344 Å². The normalized spacial score (nSPS) is 29.5. The van der Waals surface area contributed by atoms with E-state index in [1.165, 1.54) is 29.0 Å². The quantitative estimate of drug-likeness (QED) is 0.0354. The fraction of sp³-hybridized carbons (Fsp3) is 0.725. The molecule has 133 heavy (non-hydrogen) atoms. The van der Waals surface area contributed by atoms with Crippen LogP contribution in [0.4, 0.5) is 0 Å². The van der Waals surface area contributed by atoms with Crippen LogP contribution in [0.1, 0.15) is 353 Å². The lowest BCUT2D eigenvalue weighted by atomic mass is 9.52. The zero-order valence-electron chi connectivity index (χ0n) is 85.4. The molecule has 8 saturated carbocycles. The molecule has 0 spiro atoms. The number of ether oxygens (including phenoxy) is 10. The first-order valence-electron chi connectivity index (χ1n) is 49.5. The number of hydrogen-bond donors (Lipinski definition) is 4. The number of carbonyl (C=O) groups is 10. The van der Waals surface area contributed by atoms with Crippen LogP contribution in [0, 0.1) is 78.8 Å². The second-order valence-corrected chi connectivity index (χ2v) is 46.5. The molecule has 0 amide bonds. The van der Waals surface area contributed by atoms with Crippen LogP contribution in [0.2, 0.25) is 0 Å². The molecule has 14 aliphatic rings. The largest absolute Gasteiger partial charge is 0.481 e. The minimum absolute atomic E-state index is 0.0828. The van der Waals surface area contributed by atoms with Gasteiger partial charge in [0.1, 0.15) is 34.6 Å². The predicted octanol–water partition coefficient (Wildman–Crippen LogP) is 21.7. The average Bonchev–Trinajstić information content (AvgIpc) is 0.914. The zero-order chi connectivity index (χ0) is 99.6. The first kappa shape index (κ1) is 109. The molecule has 4 aromatic rings. The third kappa shape index (κ3) is 25.1. The summed E-state index contributed by atoms with van der Waals surface area (Å²) in [6.45, 7) is 53.4. The van der Waals surface area contributed by atoms with Crippen molar-refractivity contribution in [3.8, 4) is 0 Å². The predicted molar refractivity (Wildman–Crippen MR) is 509 cm³/mol. The lowest BCUT2D eigenvalue weighted by Crippen LogP contribution is -2.61. The van der Waals surface area contributed by atoms with Crippen molar-refractivity contribution in [3.63, 3.8) is 0 Å². The number of carbonyl (C=O) groups excluding carboxylic acids is 8. The molecule has 24 heteroatoms. The Balaban J connectivity index is 0.000000174. The van der Waals surface area contributed by atoms with Gasteiger partial charge in [-0.15, -0.1) is 0 Å². The van der Waals surface area contributed by atoms with Crippen LogP contribution in [-0.2, 0) is 107 Å². The standard InChI is InChI=1S/C20H26O2.C19H24O2.2C16H26O3.2C13H18O5.2C6H12O2/c1-6-19(3,4)18(21)22-20(5,7-2)17-13-12-15-10-8-9-11-16(15)14-17;1-6-18(2,3)17(20)21-19(4,5)16-12-11-14-9-7-8-10-15(14)13-16;2*1-4-14(2,3)13(17)19-16-8-11-5-12(9-16)7-15(18,6-11)10-16;2*1-4-13(2,3)12(15)18-9-7-5-6-8(16-7)10(9)17-11(6)14;2*1-4-6(2,3)5(7)8/h8-14H,6-7H2,1-5H3;7-13H,6H2,1-5H3;2*11-12,18H,4-10H2,1-3H3;2*6-10H,4-5H2,1-3H3;2*4H2,1-3H3,(H,7,8). The van der Waals surface area contributed by atoms with E-state index < -0.39 is 102 Å². The van der Waals surface area contributed by atoms with E-state index in [1.54, 1.807) is 27.7 Å². The second-order valence-electron chi connectivity index (χ2n) is 46.5. The summed E-state index contributed by atoms with van der Waals surface area (Å²) in [7, 11) is 0. The van der Waals surface area contributed by atoms with E-state index in [1.807, 2.05) is 190 Å². The summed E-state index contributed by atoms with van der Waals surface area (Å²) in [5, 5.41) is 42.9. The van der Waals surface area contributed by atoms with Gasteiger partial charge in [0.2, 0.25) is 0 Å². The van der Waals surface area contributed by atoms with Crippen molar-refractivity contribution < 1.29 is 116 Å². The van der Waals surface area contributed by atoms with Crippen LogP contribution in [0.25, 0.3) is 21.5 Å². The van der Waals surface area contributed by atoms with Gasteiger partial charge in [0.25, 0.3) is 0 Å². The van der Waals surface area contributed by atoms with E-state index in [4.69, 9.17) is 57.6 Å². The summed E-state index contributed by atoms with van der Waals surface area (Å²) in [5.74, 6) is -0.849. The van der Waals surface area contributed by atoms with Crippen molar-refractivity contribution >= 4 is 81.2 Å². The number of carboxylic acids is 2. The van der Waals surface area contributed by atoms with E-state index in [0.717, 1.165) is 100.0 Å². The summed E-state index contributed by atoms with van der Waals surface area (Å²) in [6.07, 6.45) is 16.8. The van der Waals surface area contributed by atoms with Crippen molar-refractivity contribution in [3.05, 3.63) is 96.1 Å². The average molecular weight is 1860 g/mol. The first-order valence-corrected chi connectivity index (χ1v) is 49.5. The minimum atomic E-state index is -0.722. The Bertz CT molecular complexity index is 4600. The number of aliphatic hydroxyl groups is 2. The van der Waals surface area contributed by atoms with Gasteiger partial charge in [0.15, 0.2) is 24.4 Å². The van der Waals surface area contributed by atoms with Crippen molar-refractivity contribution in [1.82, 2.24) is 0 Å². The highest BCUT2D eigenvalue weighted by atomic mass is 16.7. The van der Waals surface area contributed by atoms with Crippen LogP contribution in [-0.4, -0.2) is 151 Å². The number of carboxylic acid groups (broad SMARTS) is 2. The number of benzene rings is 4. The molecule has 4 N–H and O–H groups in total. The maximum atomic E-state index is 12.5. The lowest BCUT2D eigenvalue weighted by Gasteiger charge is -2.59. The molecule has 14 fully saturated rings. The molecule has 15 atom stereocenters. The maximum absolute atomic E-state index is 12.5. The lowest BCUT2D eigenvalue weighted by molar-refractivity contribution is -0.226. The molecule has 18 rings (SSSR count). The number of esters is 8. The molecule has 15 unspecified atom stereocenters. The zero-order valence-corrected chi connectivity index (χ0v) is 85.4. The molecule has 4 aromatic carbocycles. The molecule has 0 aromatic heterocycles. The molecule has 0 radical (unpaired) electrons. The summed E-state index contributed by atoms with van der Waals surface area (Å²) in [6, 6.07) is 28.9. The van der Waals surface area contributed by atoms with E-state index in [9.17, 15) is 58.2 Å². The van der Waals surface area contributed by atoms with Crippen LogP contribution >= 0.6 is 0 Å². The highest BCUT2D eigenvalue weighted by Crippen LogP contribution is 2.61. The van der Waals surface area contributed by atoms with Crippen LogP contribution in [0.15, 0.2) is 84.9 Å². The van der Waals surface area contributed by atoms with E-state index >= 15 is 0 Å². The molecule has 24 nitrogen and oxygen atoms in total. The summed E-state index contributed by atoms with van der Waals surface area (Å²) >= 11 is 0. The van der Waals surface area contributed by atoms with Gasteiger partial charge in [-0.1, -0.05) is 135 Å². The smallest absolute Gasteiger partial charge is 0.312 e. The molecule has 6 aliphatic heterocycles. The van der Waals surface area contributed by atoms with E-state index in [-0.39, 0.29) is 95.2 Å². The molecule has 742 valence electrons. The van der Waals surface area contributed by atoms with E-state index in [2.05, 4.69) is 61.5 Å². The summed E-state index contributed by atoms with van der Waals surface area (Å²) < 4.78 is 56.6. The van der Waals surface area contributed by atoms with Crippen LogP contribution in [0.5, 0.6) is 0 Å². The maximum Gasteiger partial charge on any atom is 0.312 e. The SMILES string of the molecule is CCC(C)(C)C(=O)O.CCC(C)(C)C(=O)O.CCC(C)(C)C(=O)OC(C)(C)c1ccc2ccccc2c1.CCC(C)(C)C(=O)OC(C)(CC)c1ccc2ccccc2c1.CCC(C)(C)C(=O)OC12CC3CC(CC(O)(C3)C1)C2.CCC(C)(C)C(=O)OC12CC3CC(CC(O)(C3)C1)C2.CCC(C)(C)C(=O)OC1C2CC3C(=O)OC1C3O2.CCC(C)(C)C(=O)OC1C2CC3C(=O)OC1C3O2. The van der Waals surface area contributed by atoms with Crippen molar-refractivity contribution in [1.29, 1.82) is 0 Å². The van der Waals surface area contributed by atoms with Gasteiger partial charge in [0.05, 0.1) is 78.6 Å². The molecular weight excluding hydrogens is 1690 g/mol. The molecule has 6 heterocycles. The van der Waals surface area contributed by atoms with Crippen LogP contribution < -0.4 is 0 Å². The number of hydrogen-bond acceptors (Lipinski definition) is 22. The fourth-order valence-electron chi connectivity index (χ4n) is 19.9.